The van der Waals surface area contributed by atoms with Gasteiger partial charge in [0.15, 0.2) is 6.61 Å². The number of rotatable bonds is 5. The first-order valence-corrected chi connectivity index (χ1v) is 9.39. The fraction of sp³-hybridized carbons (Fsp3) is 0.316. The van der Waals surface area contributed by atoms with Gasteiger partial charge in [-0.15, -0.1) is 11.3 Å². The Morgan fingerprint density at radius 1 is 1.19 bits per heavy atom. The van der Waals surface area contributed by atoms with E-state index in [1.807, 2.05) is 18.2 Å². The highest BCUT2D eigenvalue weighted by Crippen LogP contribution is 2.33. The first-order chi connectivity index (χ1) is 12.7. The molecule has 1 N–H and O–H groups in total. The van der Waals surface area contributed by atoms with Crippen molar-refractivity contribution in [3.8, 4) is 5.75 Å². The summed E-state index contributed by atoms with van der Waals surface area (Å²) in [6.07, 6.45) is 4.21. The average molecular weight is 370 g/mol. The van der Waals surface area contributed by atoms with E-state index in [2.05, 4.69) is 9.97 Å². The van der Waals surface area contributed by atoms with Gasteiger partial charge in [-0.2, -0.15) is 0 Å². The van der Waals surface area contributed by atoms with Crippen LogP contribution in [0.2, 0.25) is 0 Å². The molecular formula is C19H18N2O4S. The maximum atomic E-state index is 12.4. The summed E-state index contributed by atoms with van der Waals surface area (Å²) in [5.74, 6) is 0.442. The number of aromatic amines is 1. The molecule has 1 aliphatic carbocycles. The Morgan fingerprint density at radius 2 is 2.00 bits per heavy atom. The number of ether oxygens (including phenoxy) is 2. The highest BCUT2D eigenvalue weighted by Gasteiger charge is 2.20. The number of H-pyrrole nitrogens is 1. The summed E-state index contributed by atoms with van der Waals surface area (Å²) in [7, 11) is 0. The molecule has 3 aromatic rings. The monoisotopic (exact) mass is 370 g/mol. The van der Waals surface area contributed by atoms with Crippen LogP contribution in [-0.2, 0) is 29.0 Å². The van der Waals surface area contributed by atoms with Crippen LogP contribution in [0.15, 0.2) is 35.1 Å². The zero-order valence-electron chi connectivity index (χ0n) is 14.1. The first kappa shape index (κ1) is 16.8. The van der Waals surface area contributed by atoms with Crippen LogP contribution in [0.4, 0.5) is 0 Å². The number of hydrogen-bond donors (Lipinski definition) is 1. The Labute approximate surface area is 153 Å². The number of benzene rings is 1. The minimum Gasteiger partial charge on any atom is -0.482 e. The van der Waals surface area contributed by atoms with Gasteiger partial charge in [0.25, 0.3) is 5.56 Å². The SMILES string of the molecule is O=C(COc1ccccc1)OCc1nc2sc3c(c2c(=O)[nH]1)CCCC3. The molecule has 1 aromatic carbocycles. The van der Waals surface area contributed by atoms with Crippen molar-refractivity contribution in [1.82, 2.24) is 9.97 Å². The van der Waals surface area contributed by atoms with E-state index in [1.54, 1.807) is 23.5 Å². The number of carbonyl (C=O) groups is 1. The highest BCUT2D eigenvalue weighted by molar-refractivity contribution is 7.18. The molecular weight excluding hydrogens is 352 g/mol. The predicted octanol–water partition coefficient (Wildman–Crippen LogP) is 2.99. The third-order valence-electron chi connectivity index (χ3n) is 4.34. The van der Waals surface area contributed by atoms with Crippen LogP contribution in [0.5, 0.6) is 5.75 Å². The van der Waals surface area contributed by atoms with E-state index in [1.165, 1.54) is 4.88 Å². The van der Waals surface area contributed by atoms with Crippen molar-refractivity contribution in [3.63, 3.8) is 0 Å². The normalized spacial score (nSPS) is 13.4. The quantitative estimate of drug-likeness (QED) is 0.698. The van der Waals surface area contributed by atoms with E-state index < -0.39 is 5.97 Å². The standard InChI is InChI=1S/C19H18N2O4S/c22-16(11-24-12-6-2-1-3-7-12)25-10-15-20-18(23)17-13-8-4-5-9-14(13)26-19(17)21-15/h1-3,6-7H,4-5,8-11H2,(H,20,21,23). The molecule has 26 heavy (non-hydrogen) atoms. The van der Waals surface area contributed by atoms with Crippen molar-refractivity contribution in [2.75, 3.05) is 6.61 Å². The molecule has 0 saturated heterocycles. The lowest BCUT2D eigenvalue weighted by atomic mass is 9.97. The number of carbonyl (C=O) groups excluding carboxylic acids is 1. The van der Waals surface area contributed by atoms with Gasteiger partial charge in [0.2, 0.25) is 0 Å². The summed E-state index contributed by atoms with van der Waals surface area (Å²) in [5, 5.41) is 0.701. The topological polar surface area (TPSA) is 81.3 Å². The molecule has 0 radical (unpaired) electrons. The van der Waals surface area contributed by atoms with E-state index in [0.29, 0.717) is 17.0 Å². The second-order valence-electron chi connectivity index (χ2n) is 6.17. The zero-order valence-corrected chi connectivity index (χ0v) is 14.9. The molecule has 0 bridgehead atoms. The van der Waals surface area contributed by atoms with Gasteiger partial charge in [-0.05, 0) is 43.4 Å². The summed E-state index contributed by atoms with van der Waals surface area (Å²) < 4.78 is 10.5. The Balaban J connectivity index is 1.42. The number of nitrogens with zero attached hydrogens (tertiary/aromatic N) is 1. The number of hydrogen-bond acceptors (Lipinski definition) is 6. The molecule has 0 amide bonds. The summed E-state index contributed by atoms with van der Waals surface area (Å²) in [5.41, 5.74) is 0.991. The molecule has 0 spiro atoms. The number of nitrogens with one attached hydrogen (secondary N) is 1. The fourth-order valence-electron chi connectivity index (χ4n) is 3.13. The smallest absolute Gasteiger partial charge is 0.344 e. The summed E-state index contributed by atoms with van der Waals surface area (Å²) >= 11 is 1.57. The van der Waals surface area contributed by atoms with Crippen molar-refractivity contribution in [2.45, 2.75) is 32.3 Å². The van der Waals surface area contributed by atoms with Crippen LogP contribution in [0.3, 0.4) is 0 Å². The highest BCUT2D eigenvalue weighted by atomic mass is 32.1. The van der Waals surface area contributed by atoms with Crippen molar-refractivity contribution >= 4 is 27.5 Å². The molecule has 0 fully saturated rings. The van der Waals surface area contributed by atoms with Crippen LogP contribution in [-0.4, -0.2) is 22.5 Å². The zero-order chi connectivity index (χ0) is 17.9. The molecule has 134 valence electrons. The Morgan fingerprint density at radius 3 is 2.85 bits per heavy atom. The van der Waals surface area contributed by atoms with Crippen LogP contribution in [0.1, 0.15) is 29.1 Å². The molecule has 7 heteroatoms. The van der Waals surface area contributed by atoms with Crippen LogP contribution < -0.4 is 10.3 Å². The summed E-state index contributed by atoms with van der Waals surface area (Å²) in [6, 6.07) is 9.04. The summed E-state index contributed by atoms with van der Waals surface area (Å²) in [6.45, 7) is -0.269. The first-order valence-electron chi connectivity index (χ1n) is 8.57. The molecule has 2 aromatic heterocycles. The second-order valence-corrected chi connectivity index (χ2v) is 7.25. The van der Waals surface area contributed by atoms with Crippen molar-refractivity contribution in [1.29, 1.82) is 0 Å². The van der Waals surface area contributed by atoms with Gasteiger partial charge < -0.3 is 14.5 Å². The van der Waals surface area contributed by atoms with E-state index in [9.17, 15) is 9.59 Å². The summed E-state index contributed by atoms with van der Waals surface area (Å²) in [4.78, 5) is 33.5. The Kier molecular flexibility index (Phi) is 4.71. The molecule has 0 atom stereocenters. The maximum Gasteiger partial charge on any atom is 0.344 e. The minimum atomic E-state index is -0.512. The second kappa shape index (κ2) is 7.29. The van der Waals surface area contributed by atoms with Crippen molar-refractivity contribution < 1.29 is 14.3 Å². The largest absolute Gasteiger partial charge is 0.482 e. The van der Waals surface area contributed by atoms with Gasteiger partial charge in [0.05, 0.1) is 5.39 Å². The average Bonchev–Trinajstić information content (AvgIpc) is 3.04. The molecule has 2 heterocycles. The Hall–Kier alpha value is -2.67. The fourth-order valence-corrected chi connectivity index (χ4v) is 4.41. The number of para-hydroxylation sites is 1. The van der Waals surface area contributed by atoms with Crippen LogP contribution >= 0.6 is 11.3 Å². The molecule has 4 rings (SSSR count). The molecule has 1 aliphatic rings. The predicted molar refractivity (Wildman–Crippen MR) is 98.6 cm³/mol. The van der Waals surface area contributed by atoms with Crippen LogP contribution in [0.25, 0.3) is 10.2 Å². The van der Waals surface area contributed by atoms with Gasteiger partial charge in [0.1, 0.15) is 23.0 Å². The molecule has 0 aliphatic heterocycles. The molecule has 0 saturated carbocycles. The van der Waals surface area contributed by atoms with Crippen molar-refractivity contribution in [2.24, 2.45) is 0 Å². The lowest BCUT2D eigenvalue weighted by molar-refractivity contribution is -0.147. The third kappa shape index (κ3) is 3.48. The lowest BCUT2D eigenvalue weighted by Crippen LogP contribution is -2.18. The number of esters is 1. The van der Waals surface area contributed by atoms with Gasteiger partial charge in [-0.1, -0.05) is 18.2 Å². The van der Waals surface area contributed by atoms with Gasteiger partial charge in [-0.25, -0.2) is 9.78 Å². The minimum absolute atomic E-state index is 0.0786. The van der Waals surface area contributed by atoms with E-state index >= 15 is 0 Å². The maximum absolute atomic E-state index is 12.4. The van der Waals surface area contributed by atoms with E-state index in [4.69, 9.17) is 9.47 Å². The Bertz CT molecular complexity index is 994. The number of fused-ring (bicyclic) bond motifs is 3. The van der Waals surface area contributed by atoms with E-state index in [-0.39, 0.29) is 18.8 Å². The van der Waals surface area contributed by atoms with E-state index in [0.717, 1.165) is 36.1 Å². The number of thiophene rings is 1. The van der Waals surface area contributed by atoms with Crippen molar-refractivity contribution in [3.05, 3.63) is 57.0 Å². The lowest BCUT2D eigenvalue weighted by Gasteiger charge is -2.09. The van der Waals surface area contributed by atoms with Crippen LogP contribution in [0, 0.1) is 0 Å². The number of aryl methyl sites for hydroxylation is 2. The van der Waals surface area contributed by atoms with Gasteiger partial charge >= 0.3 is 5.97 Å². The van der Waals surface area contributed by atoms with Gasteiger partial charge in [0, 0.05) is 4.88 Å². The van der Waals surface area contributed by atoms with Gasteiger partial charge in [-0.3, -0.25) is 4.79 Å². The molecule has 6 nitrogen and oxygen atoms in total. The number of aromatic nitrogens is 2. The third-order valence-corrected chi connectivity index (χ3v) is 5.53. The molecule has 0 unspecified atom stereocenters.